The van der Waals surface area contributed by atoms with Crippen LogP contribution in [-0.2, 0) is 4.74 Å². The van der Waals surface area contributed by atoms with Crippen LogP contribution in [0.25, 0.3) is 0 Å². The van der Waals surface area contributed by atoms with E-state index >= 15 is 0 Å². The van der Waals surface area contributed by atoms with E-state index in [0.717, 1.165) is 6.54 Å². The average molecular weight is 217 g/mol. The number of nitrogens with zero attached hydrogens (tertiary/aromatic N) is 2. The van der Waals surface area contributed by atoms with Gasteiger partial charge in [-0.2, -0.15) is 0 Å². The third-order valence-electron chi connectivity index (χ3n) is 2.18. The molecule has 0 aliphatic carbocycles. The summed E-state index contributed by atoms with van der Waals surface area (Å²) in [5, 5.41) is 11.5. The van der Waals surface area contributed by atoms with Crippen molar-refractivity contribution in [3.8, 4) is 0 Å². The van der Waals surface area contributed by atoms with Gasteiger partial charge in [-0.1, -0.05) is 5.16 Å². The molecule has 15 heavy (non-hydrogen) atoms. The molecule has 0 amide bonds. The van der Waals surface area contributed by atoms with Gasteiger partial charge in [0.25, 0.3) is 0 Å². The highest BCUT2D eigenvalue weighted by Gasteiger charge is 2.15. The van der Waals surface area contributed by atoms with Crippen molar-refractivity contribution < 1.29 is 9.94 Å². The normalized spacial score (nSPS) is 15.7. The Kier molecular flexibility index (Phi) is 5.60. The maximum atomic E-state index is 8.51. The molecule has 0 spiro atoms. The molecule has 3 N–H and O–H groups in total. The van der Waals surface area contributed by atoms with Crippen LogP contribution in [0.1, 0.15) is 27.7 Å². The van der Waals surface area contributed by atoms with Gasteiger partial charge in [-0.25, -0.2) is 0 Å². The Morgan fingerprint density at radius 2 is 2.07 bits per heavy atom. The summed E-state index contributed by atoms with van der Waals surface area (Å²) < 4.78 is 5.58. The van der Waals surface area contributed by atoms with Crippen LogP contribution >= 0.6 is 0 Å². The first-order chi connectivity index (χ1) is 6.78. The zero-order valence-corrected chi connectivity index (χ0v) is 10.3. The third kappa shape index (κ3) is 6.30. The van der Waals surface area contributed by atoms with E-state index in [0.29, 0.717) is 6.61 Å². The largest absolute Gasteiger partial charge is 0.409 e. The number of ether oxygens (including phenoxy) is 1. The lowest BCUT2D eigenvalue weighted by atomic mass is 10.2. The molecule has 0 saturated heterocycles. The predicted molar refractivity (Wildman–Crippen MR) is 61.2 cm³/mol. The molecule has 1 unspecified atom stereocenters. The standard InChI is InChI=1S/C10H23N3O2/c1-8(9(11)12-14)13(5)6-7-15-10(2,3)4/h8,14H,6-7H2,1-5H3,(H2,11,12). The summed E-state index contributed by atoms with van der Waals surface area (Å²) in [6, 6.07) is -0.0847. The summed E-state index contributed by atoms with van der Waals surface area (Å²) in [5.74, 6) is 0.216. The highest BCUT2D eigenvalue weighted by molar-refractivity contribution is 5.84. The van der Waals surface area contributed by atoms with Gasteiger partial charge in [0, 0.05) is 6.54 Å². The number of hydrogen-bond donors (Lipinski definition) is 2. The van der Waals surface area contributed by atoms with Gasteiger partial charge in [-0.15, -0.1) is 0 Å². The highest BCUT2D eigenvalue weighted by Crippen LogP contribution is 2.06. The van der Waals surface area contributed by atoms with E-state index < -0.39 is 0 Å². The van der Waals surface area contributed by atoms with Crippen molar-refractivity contribution in [3.63, 3.8) is 0 Å². The van der Waals surface area contributed by atoms with Crippen molar-refractivity contribution in [1.29, 1.82) is 0 Å². The number of likely N-dealkylation sites (N-methyl/N-ethyl adjacent to an activating group) is 1. The van der Waals surface area contributed by atoms with Crippen LogP contribution in [0.2, 0.25) is 0 Å². The Balaban J connectivity index is 3.89. The van der Waals surface area contributed by atoms with E-state index in [1.165, 1.54) is 0 Å². The second kappa shape index (κ2) is 5.92. The molecule has 0 aromatic carbocycles. The molecule has 5 nitrogen and oxygen atoms in total. The number of rotatable bonds is 5. The van der Waals surface area contributed by atoms with Crippen LogP contribution in [0.4, 0.5) is 0 Å². The lowest BCUT2D eigenvalue weighted by Crippen LogP contribution is -2.42. The van der Waals surface area contributed by atoms with E-state index in [-0.39, 0.29) is 17.5 Å². The minimum Gasteiger partial charge on any atom is -0.409 e. The minimum absolute atomic E-state index is 0.0847. The molecule has 5 heteroatoms. The Hall–Kier alpha value is -0.810. The summed E-state index contributed by atoms with van der Waals surface area (Å²) in [7, 11) is 1.91. The summed E-state index contributed by atoms with van der Waals surface area (Å²) in [6.45, 7) is 9.30. The molecule has 1 atom stereocenters. The lowest BCUT2D eigenvalue weighted by Gasteiger charge is -2.26. The summed E-state index contributed by atoms with van der Waals surface area (Å²) >= 11 is 0. The quantitative estimate of drug-likeness (QED) is 0.310. The van der Waals surface area contributed by atoms with Crippen molar-refractivity contribution in [1.82, 2.24) is 4.90 Å². The third-order valence-corrected chi connectivity index (χ3v) is 2.18. The topological polar surface area (TPSA) is 71.1 Å². The average Bonchev–Trinajstić information content (AvgIpc) is 2.13. The number of nitrogens with two attached hydrogens (primary N) is 1. The van der Waals surface area contributed by atoms with Crippen LogP contribution < -0.4 is 5.73 Å². The Bertz CT molecular complexity index is 211. The summed E-state index contributed by atoms with van der Waals surface area (Å²) in [6.07, 6.45) is 0. The van der Waals surface area contributed by atoms with Gasteiger partial charge in [0.05, 0.1) is 18.2 Å². The van der Waals surface area contributed by atoms with Gasteiger partial charge in [0.15, 0.2) is 5.84 Å². The molecule has 0 rings (SSSR count). The van der Waals surface area contributed by atoms with Crippen molar-refractivity contribution in [3.05, 3.63) is 0 Å². The Morgan fingerprint density at radius 3 is 2.47 bits per heavy atom. The summed E-state index contributed by atoms with van der Waals surface area (Å²) in [4.78, 5) is 1.97. The van der Waals surface area contributed by atoms with Crippen molar-refractivity contribution in [2.45, 2.75) is 39.3 Å². The molecule has 0 aromatic heterocycles. The van der Waals surface area contributed by atoms with Crippen molar-refractivity contribution >= 4 is 5.84 Å². The van der Waals surface area contributed by atoms with Gasteiger partial charge in [-0.3, -0.25) is 4.90 Å². The molecule has 0 aromatic rings. The second-order valence-electron chi connectivity index (χ2n) is 4.64. The Labute approximate surface area is 91.9 Å². The number of hydrogen-bond acceptors (Lipinski definition) is 4. The molecular weight excluding hydrogens is 194 g/mol. The fourth-order valence-electron chi connectivity index (χ4n) is 0.999. The van der Waals surface area contributed by atoms with E-state index in [1.54, 1.807) is 0 Å². The van der Waals surface area contributed by atoms with Crippen LogP contribution in [-0.4, -0.2) is 47.8 Å². The van der Waals surface area contributed by atoms with Crippen LogP contribution in [0.3, 0.4) is 0 Å². The summed E-state index contributed by atoms with van der Waals surface area (Å²) in [5.41, 5.74) is 5.37. The van der Waals surface area contributed by atoms with Crippen LogP contribution in [0, 0.1) is 0 Å². The molecule has 0 saturated carbocycles. The van der Waals surface area contributed by atoms with E-state index in [9.17, 15) is 0 Å². The van der Waals surface area contributed by atoms with E-state index in [2.05, 4.69) is 5.16 Å². The van der Waals surface area contributed by atoms with Gasteiger partial charge in [-0.05, 0) is 34.7 Å². The molecular formula is C10H23N3O2. The van der Waals surface area contributed by atoms with Crippen LogP contribution in [0.15, 0.2) is 5.16 Å². The fraction of sp³-hybridized carbons (Fsp3) is 0.900. The van der Waals surface area contributed by atoms with Crippen molar-refractivity contribution in [2.75, 3.05) is 20.2 Å². The van der Waals surface area contributed by atoms with Gasteiger partial charge >= 0.3 is 0 Å². The first-order valence-electron chi connectivity index (χ1n) is 5.09. The molecule has 0 aliphatic heterocycles. The molecule has 90 valence electrons. The van der Waals surface area contributed by atoms with Crippen LogP contribution in [0.5, 0.6) is 0 Å². The first kappa shape index (κ1) is 14.2. The smallest absolute Gasteiger partial charge is 0.156 e. The Morgan fingerprint density at radius 1 is 1.53 bits per heavy atom. The molecule has 0 heterocycles. The molecule has 0 aliphatic rings. The number of amidine groups is 1. The monoisotopic (exact) mass is 217 g/mol. The van der Waals surface area contributed by atoms with E-state index in [4.69, 9.17) is 15.7 Å². The highest BCUT2D eigenvalue weighted by atomic mass is 16.5. The minimum atomic E-state index is -0.124. The van der Waals surface area contributed by atoms with Gasteiger partial charge < -0.3 is 15.7 Å². The van der Waals surface area contributed by atoms with Gasteiger partial charge in [0.2, 0.25) is 0 Å². The molecule has 0 bridgehead atoms. The maximum absolute atomic E-state index is 8.51. The SMILES string of the molecule is CC(C(N)=NO)N(C)CCOC(C)(C)C. The fourth-order valence-corrected chi connectivity index (χ4v) is 0.999. The first-order valence-corrected chi connectivity index (χ1v) is 5.09. The lowest BCUT2D eigenvalue weighted by molar-refractivity contribution is -0.0118. The zero-order valence-electron chi connectivity index (χ0n) is 10.3. The van der Waals surface area contributed by atoms with E-state index in [1.807, 2.05) is 39.6 Å². The second-order valence-corrected chi connectivity index (χ2v) is 4.64. The molecule has 0 radical (unpaired) electrons. The predicted octanol–water partition coefficient (Wildman–Crippen LogP) is 0.868. The molecule has 0 fully saturated rings. The number of oxime groups is 1. The zero-order chi connectivity index (χ0) is 12.1. The van der Waals surface area contributed by atoms with Crippen molar-refractivity contribution in [2.24, 2.45) is 10.9 Å². The maximum Gasteiger partial charge on any atom is 0.156 e. The van der Waals surface area contributed by atoms with Gasteiger partial charge in [0.1, 0.15) is 0 Å².